The van der Waals surface area contributed by atoms with Crippen molar-refractivity contribution in [1.82, 2.24) is 9.88 Å². The van der Waals surface area contributed by atoms with Gasteiger partial charge in [0.05, 0.1) is 17.4 Å². The van der Waals surface area contributed by atoms with E-state index < -0.39 is 21.4 Å². The molecule has 190 valence electrons. The van der Waals surface area contributed by atoms with Gasteiger partial charge in [0.25, 0.3) is 0 Å². The molecule has 1 heterocycles. The first-order chi connectivity index (χ1) is 17.8. The lowest BCUT2D eigenvalue weighted by Gasteiger charge is -2.11. The average Bonchev–Trinajstić information content (AvgIpc) is 3.59. The number of hydrogen-bond acceptors (Lipinski definition) is 5. The van der Waals surface area contributed by atoms with Gasteiger partial charge in [-0.3, -0.25) is 4.79 Å². The van der Waals surface area contributed by atoms with E-state index >= 15 is 0 Å². The first-order valence-electron chi connectivity index (χ1n) is 11.9. The summed E-state index contributed by atoms with van der Waals surface area (Å²) < 4.78 is 33.4. The molecule has 7 nitrogen and oxygen atoms in total. The van der Waals surface area contributed by atoms with E-state index in [-0.39, 0.29) is 12.3 Å². The molecule has 5 rings (SSSR count). The van der Waals surface area contributed by atoms with E-state index in [4.69, 9.17) is 16.1 Å². The van der Waals surface area contributed by atoms with Gasteiger partial charge < -0.3 is 9.63 Å². The van der Waals surface area contributed by atoms with E-state index in [0.717, 1.165) is 22.3 Å². The second-order valence-corrected chi connectivity index (χ2v) is 11.4. The molecular formula is C28H25ClN2O5S. The number of sulfonamides is 1. The highest BCUT2D eigenvalue weighted by Crippen LogP contribution is 2.48. The summed E-state index contributed by atoms with van der Waals surface area (Å²) in [7, 11) is -3.62. The number of rotatable bonds is 10. The van der Waals surface area contributed by atoms with Gasteiger partial charge >= 0.3 is 5.97 Å². The molecule has 0 spiro atoms. The number of carboxylic acids is 1. The maximum absolute atomic E-state index is 12.7. The maximum Gasteiger partial charge on any atom is 0.314 e. The monoisotopic (exact) mass is 536 g/mol. The number of aromatic nitrogens is 1. The Balaban J connectivity index is 1.25. The van der Waals surface area contributed by atoms with Crippen molar-refractivity contribution in [3.8, 4) is 22.5 Å². The minimum Gasteiger partial charge on any atom is -0.481 e. The molecule has 1 aromatic heterocycles. The van der Waals surface area contributed by atoms with Crippen LogP contribution in [0.15, 0.2) is 83.5 Å². The molecule has 1 fully saturated rings. The fourth-order valence-corrected chi connectivity index (χ4v) is 5.81. The molecular weight excluding hydrogens is 512 g/mol. The predicted molar refractivity (Wildman–Crippen MR) is 142 cm³/mol. The number of aliphatic carboxylic acids is 1. The van der Waals surface area contributed by atoms with E-state index in [1.807, 2.05) is 66.7 Å². The van der Waals surface area contributed by atoms with Crippen molar-refractivity contribution < 1.29 is 22.8 Å². The number of benzene rings is 3. The highest BCUT2D eigenvalue weighted by atomic mass is 35.5. The van der Waals surface area contributed by atoms with Gasteiger partial charge in [-0.15, -0.1) is 0 Å². The van der Waals surface area contributed by atoms with E-state index in [9.17, 15) is 18.3 Å². The lowest BCUT2D eigenvalue weighted by Crippen LogP contribution is -2.27. The van der Waals surface area contributed by atoms with Crippen molar-refractivity contribution in [2.24, 2.45) is 0 Å². The van der Waals surface area contributed by atoms with Crippen molar-refractivity contribution in [3.63, 3.8) is 0 Å². The number of carbonyl (C=O) groups is 1. The van der Waals surface area contributed by atoms with Gasteiger partial charge in [-0.25, -0.2) is 13.1 Å². The first kappa shape index (κ1) is 25.2. The summed E-state index contributed by atoms with van der Waals surface area (Å²) >= 11 is 6.15. The fraction of sp³-hybridized carbons (Fsp3) is 0.214. The Kier molecular flexibility index (Phi) is 6.90. The molecule has 37 heavy (non-hydrogen) atoms. The molecule has 0 amide bonds. The smallest absolute Gasteiger partial charge is 0.314 e. The molecule has 2 N–H and O–H groups in total. The Morgan fingerprint density at radius 1 is 0.946 bits per heavy atom. The van der Waals surface area contributed by atoms with Crippen LogP contribution in [-0.4, -0.2) is 31.2 Å². The summed E-state index contributed by atoms with van der Waals surface area (Å²) in [5.41, 5.74) is 4.06. The Hall–Kier alpha value is -3.46. The van der Waals surface area contributed by atoms with E-state index in [1.54, 1.807) is 6.07 Å². The van der Waals surface area contributed by atoms with E-state index in [2.05, 4.69) is 9.88 Å². The zero-order valence-electron chi connectivity index (χ0n) is 19.9. The summed E-state index contributed by atoms with van der Waals surface area (Å²) in [5, 5.41) is 13.9. The first-order valence-corrected chi connectivity index (χ1v) is 13.9. The third-order valence-corrected chi connectivity index (χ3v) is 8.44. The van der Waals surface area contributed by atoms with Gasteiger partial charge in [0, 0.05) is 22.7 Å². The molecule has 0 bridgehead atoms. The third-order valence-electron chi connectivity index (χ3n) is 6.74. The number of halogens is 1. The topological polar surface area (TPSA) is 110 Å². The standard InChI is InChI=1S/C28H25ClN2O5S/c29-25-4-2-1-3-21(25)13-16-31-37(34,35)18-23-17-30-36-26(23)22-7-5-19(6-8-22)20-9-11-24(12-10-20)28(14-15-28)27(32)33/h1-12,17,31H,13-16,18H2,(H,32,33). The zero-order chi connectivity index (χ0) is 26.0. The number of nitrogens with one attached hydrogen (secondary N) is 1. The van der Waals surface area contributed by atoms with Crippen LogP contribution in [0.1, 0.15) is 29.5 Å². The van der Waals surface area contributed by atoms with E-state index in [1.165, 1.54) is 6.20 Å². The fourth-order valence-electron chi connectivity index (χ4n) is 4.45. The minimum atomic E-state index is -3.62. The molecule has 1 saturated carbocycles. The largest absolute Gasteiger partial charge is 0.481 e. The van der Waals surface area contributed by atoms with Crippen LogP contribution < -0.4 is 4.72 Å². The Labute approximate surface area is 220 Å². The van der Waals surface area contributed by atoms with Crippen molar-refractivity contribution >= 4 is 27.6 Å². The molecule has 0 radical (unpaired) electrons. The average molecular weight is 537 g/mol. The quantitative estimate of drug-likeness (QED) is 0.279. The molecule has 0 unspecified atom stereocenters. The Bertz CT molecular complexity index is 1530. The normalized spacial score (nSPS) is 14.4. The third kappa shape index (κ3) is 5.46. The van der Waals surface area contributed by atoms with Gasteiger partial charge in [-0.05, 0) is 47.6 Å². The van der Waals surface area contributed by atoms with Gasteiger partial charge in [0.2, 0.25) is 10.0 Å². The molecule has 0 saturated heterocycles. The number of carboxylic acid groups (broad SMARTS) is 1. The maximum atomic E-state index is 12.7. The molecule has 9 heteroatoms. The minimum absolute atomic E-state index is 0.230. The summed E-state index contributed by atoms with van der Waals surface area (Å²) in [4.78, 5) is 11.6. The lowest BCUT2D eigenvalue weighted by atomic mass is 9.93. The van der Waals surface area contributed by atoms with Crippen molar-refractivity contribution in [2.75, 3.05) is 6.54 Å². The highest BCUT2D eigenvalue weighted by molar-refractivity contribution is 7.88. The van der Waals surface area contributed by atoms with Crippen LogP contribution in [0.25, 0.3) is 22.5 Å². The van der Waals surface area contributed by atoms with Gasteiger partial charge in [0.1, 0.15) is 0 Å². The highest BCUT2D eigenvalue weighted by Gasteiger charge is 2.51. The van der Waals surface area contributed by atoms with Crippen LogP contribution in [0.2, 0.25) is 5.02 Å². The molecule has 0 atom stereocenters. The van der Waals surface area contributed by atoms with Crippen molar-refractivity contribution in [2.45, 2.75) is 30.4 Å². The summed E-state index contributed by atoms with van der Waals surface area (Å²) in [6, 6.07) is 22.5. The molecule has 1 aliphatic rings. The Morgan fingerprint density at radius 3 is 2.19 bits per heavy atom. The number of nitrogens with zero attached hydrogens (tertiary/aromatic N) is 1. The van der Waals surface area contributed by atoms with E-state index in [0.29, 0.717) is 41.2 Å². The van der Waals surface area contributed by atoms with Crippen molar-refractivity contribution in [1.29, 1.82) is 0 Å². The summed E-state index contributed by atoms with van der Waals surface area (Å²) in [5.74, 6) is -0.635. The molecule has 3 aromatic carbocycles. The number of hydrogen-bond donors (Lipinski definition) is 2. The Morgan fingerprint density at radius 2 is 1.57 bits per heavy atom. The van der Waals surface area contributed by atoms with Crippen LogP contribution in [0.3, 0.4) is 0 Å². The second kappa shape index (κ2) is 10.1. The van der Waals surface area contributed by atoms with Crippen LogP contribution in [0, 0.1) is 0 Å². The van der Waals surface area contributed by atoms with Crippen LogP contribution >= 0.6 is 11.6 Å². The predicted octanol–water partition coefficient (Wildman–Crippen LogP) is 5.44. The van der Waals surface area contributed by atoms with Crippen LogP contribution in [0.5, 0.6) is 0 Å². The van der Waals surface area contributed by atoms with Crippen molar-refractivity contribution in [3.05, 3.63) is 101 Å². The van der Waals surface area contributed by atoms with Gasteiger partial charge in [0.15, 0.2) is 5.76 Å². The molecule has 1 aliphatic carbocycles. The van der Waals surface area contributed by atoms with Crippen LogP contribution in [-0.2, 0) is 32.4 Å². The SMILES string of the molecule is O=C(O)C1(c2ccc(-c3ccc(-c4oncc4CS(=O)(=O)NCCc4ccccc4Cl)cc3)cc2)CC1. The lowest BCUT2D eigenvalue weighted by molar-refractivity contribution is -0.140. The summed E-state index contributed by atoms with van der Waals surface area (Å²) in [6.07, 6.45) is 3.24. The van der Waals surface area contributed by atoms with Gasteiger partial charge in [-0.2, -0.15) is 0 Å². The molecule has 4 aromatic rings. The zero-order valence-corrected chi connectivity index (χ0v) is 21.4. The van der Waals surface area contributed by atoms with Gasteiger partial charge in [-0.1, -0.05) is 83.5 Å². The second-order valence-electron chi connectivity index (χ2n) is 9.22. The van der Waals surface area contributed by atoms with Crippen LogP contribution in [0.4, 0.5) is 0 Å². The summed E-state index contributed by atoms with van der Waals surface area (Å²) in [6.45, 7) is 0.230. The molecule has 0 aliphatic heterocycles.